The van der Waals surface area contributed by atoms with E-state index in [0.717, 1.165) is 24.2 Å². The molecule has 0 bridgehead atoms. The van der Waals surface area contributed by atoms with Crippen LogP contribution in [-0.4, -0.2) is 29.9 Å². The number of pyridine rings is 1. The van der Waals surface area contributed by atoms with Gasteiger partial charge in [0, 0.05) is 44.6 Å². The zero-order valence-corrected chi connectivity index (χ0v) is 14.4. The van der Waals surface area contributed by atoms with E-state index < -0.39 is 0 Å². The number of amides is 2. The summed E-state index contributed by atoms with van der Waals surface area (Å²) < 4.78 is 0. The van der Waals surface area contributed by atoms with Crippen LogP contribution in [0.15, 0.2) is 60.9 Å². The van der Waals surface area contributed by atoms with Gasteiger partial charge in [-0.3, -0.25) is 14.6 Å². The Hall–Kier alpha value is -2.95. The third kappa shape index (κ3) is 3.38. The largest absolute Gasteiger partial charge is 0.353 e. The number of nitrogens with zero attached hydrogens (tertiary/aromatic N) is 2. The lowest BCUT2D eigenvalue weighted by Crippen LogP contribution is -2.30. The lowest BCUT2D eigenvalue weighted by Gasteiger charge is -2.20. The van der Waals surface area contributed by atoms with Crippen LogP contribution >= 0.6 is 0 Å². The van der Waals surface area contributed by atoms with Gasteiger partial charge < -0.3 is 10.2 Å². The molecule has 1 saturated heterocycles. The average molecular weight is 349 g/mol. The summed E-state index contributed by atoms with van der Waals surface area (Å²) in [6.07, 6.45) is 7.53. The zero-order chi connectivity index (χ0) is 17.9. The first kappa shape index (κ1) is 16.5. The molecule has 0 unspecified atom stereocenters. The first-order valence-corrected chi connectivity index (χ1v) is 8.96. The van der Waals surface area contributed by atoms with E-state index in [1.54, 1.807) is 18.5 Å². The molecule has 3 atom stereocenters. The number of carbonyl (C=O) groups excluding carboxylic acids is 2. The third-order valence-electron chi connectivity index (χ3n) is 5.23. The third-order valence-corrected chi connectivity index (χ3v) is 5.23. The minimum atomic E-state index is -0.114. The SMILES string of the molecule is O=C(/C=C/c1cccnc1)NCC[C@@H]1[C@H]2CN(c3ccccc3)C(=O)[C@@H]12.[HH]. The number of para-hydroxylation sites is 1. The number of nitrogens with one attached hydrogen (secondary N) is 1. The molecule has 2 heterocycles. The number of hydrogen-bond acceptors (Lipinski definition) is 3. The van der Waals surface area contributed by atoms with Crippen LogP contribution in [0.5, 0.6) is 0 Å². The molecule has 1 aromatic heterocycles. The Bertz CT molecular complexity index is 826. The smallest absolute Gasteiger partial charge is 0.244 e. The molecule has 0 radical (unpaired) electrons. The first-order chi connectivity index (χ1) is 12.7. The number of rotatable bonds is 6. The normalized spacial score (nSPS) is 23.9. The van der Waals surface area contributed by atoms with E-state index >= 15 is 0 Å². The molecule has 4 rings (SSSR count). The molecule has 1 aliphatic carbocycles. The fourth-order valence-corrected chi connectivity index (χ4v) is 3.84. The first-order valence-electron chi connectivity index (χ1n) is 8.96. The summed E-state index contributed by atoms with van der Waals surface area (Å²) >= 11 is 0. The van der Waals surface area contributed by atoms with E-state index in [-0.39, 0.29) is 19.2 Å². The van der Waals surface area contributed by atoms with Gasteiger partial charge in [-0.2, -0.15) is 0 Å². The molecule has 1 saturated carbocycles. The van der Waals surface area contributed by atoms with Gasteiger partial charge >= 0.3 is 0 Å². The topological polar surface area (TPSA) is 62.3 Å². The fraction of sp³-hybridized carbons (Fsp3) is 0.286. The van der Waals surface area contributed by atoms with E-state index in [1.165, 1.54) is 6.08 Å². The van der Waals surface area contributed by atoms with Gasteiger partial charge in [0.05, 0.1) is 0 Å². The molecule has 5 nitrogen and oxygen atoms in total. The summed E-state index contributed by atoms with van der Waals surface area (Å²) in [6.45, 7) is 1.40. The van der Waals surface area contributed by atoms with E-state index in [0.29, 0.717) is 18.4 Å². The van der Waals surface area contributed by atoms with Gasteiger partial charge in [-0.1, -0.05) is 24.3 Å². The second-order valence-electron chi connectivity index (χ2n) is 6.84. The maximum Gasteiger partial charge on any atom is 0.244 e. The molecule has 1 aliphatic heterocycles. The van der Waals surface area contributed by atoms with Crippen molar-refractivity contribution in [2.45, 2.75) is 6.42 Å². The Morgan fingerprint density at radius 1 is 1.27 bits per heavy atom. The maximum atomic E-state index is 12.5. The van der Waals surface area contributed by atoms with Crippen molar-refractivity contribution in [2.75, 3.05) is 18.0 Å². The molecule has 2 aliphatic rings. The molecule has 26 heavy (non-hydrogen) atoms. The Balaban J connectivity index is 0.00000210. The van der Waals surface area contributed by atoms with E-state index in [1.807, 2.05) is 47.4 Å². The van der Waals surface area contributed by atoms with Gasteiger partial charge in [-0.25, -0.2) is 0 Å². The monoisotopic (exact) mass is 349 g/mol. The van der Waals surface area contributed by atoms with Gasteiger partial charge in [-0.15, -0.1) is 0 Å². The molecule has 2 amide bonds. The predicted octanol–water partition coefficient (Wildman–Crippen LogP) is 2.76. The number of piperidine rings is 1. The molecule has 0 spiro atoms. The minimum Gasteiger partial charge on any atom is -0.353 e. The zero-order valence-electron chi connectivity index (χ0n) is 14.4. The van der Waals surface area contributed by atoms with Crippen LogP contribution in [0.3, 0.4) is 0 Å². The van der Waals surface area contributed by atoms with Gasteiger partial charge in [0.1, 0.15) is 0 Å². The number of anilines is 1. The average Bonchev–Trinajstić information content (AvgIpc) is 3.26. The van der Waals surface area contributed by atoms with Gasteiger partial charge in [-0.05, 0) is 48.1 Å². The molecular weight excluding hydrogens is 326 g/mol. The van der Waals surface area contributed by atoms with Crippen molar-refractivity contribution in [2.24, 2.45) is 17.8 Å². The van der Waals surface area contributed by atoms with Gasteiger partial charge in [0.25, 0.3) is 0 Å². The number of fused-ring (bicyclic) bond motifs is 1. The molecular formula is C21H23N3O2. The fourth-order valence-electron chi connectivity index (χ4n) is 3.84. The summed E-state index contributed by atoms with van der Waals surface area (Å²) in [6, 6.07) is 13.6. The van der Waals surface area contributed by atoms with Crippen molar-refractivity contribution in [3.63, 3.8) is 0 Å². The highest BCUT2D eigenvalue weighted by molar-refractivity contribution is 6.00. The Kier molecular flexibility index (Phi) is 4.52. The highest BCUT2D eigenvalue weighted by Crippen LogP contribution is 2.54. The van der Waals surface area contributed by atoms with Crippen molar-refractivity contribution < 1.29 is 11.0 Å². The molecule has 134 valence electrons. The molecule has 1 N–H and O–H groups in total. The predicted molar refractivity (Wildman–Crippen MR) is 102 cm³/mol. The summed E-state index contributed by atoms with van der Waals surface area (Å²) in [5.74, 6) is 1.10. The molecule has 5 heteroatoms. The van der Waals surface area contributed by atoms with Crippen LogP contribution < -0.4 is 10.2 Å². The number of benzene rings is 1. The van der Waals surface area contributed by atoms with Crippen LogP contribution in [0, 0.1) is 17.8 Å². The van der Waals surface area contributed by atoms with Crippen LogP contribution in [-0.2, 0) is 9.59 Å². The standard InChI is InChI=1S/C21H21N3O2.H2/c25-19(9-8-15-5-4-11-22-13-15)23-12-10-17-18-14-24(21(26)20(17)18)16-6-2-1-3-7-16;/h1-9,11,13,17-18,20H,10,12,14H2,(H,23,25);1H/b9-8+;/t17-,18-,20+;/m1./s1. The highest BCUT2D eigenvalue weighted by Gasteiger charge is 2.60. The molecule has 1 aromatic carbocycles. The summed E-state index contributed by atoms with van der Waals surface area (Å²) in [4.78, 5) is 30.3. The Labute approximate surface area is 154 Å². The number of aromatic nitrogens is 1. The molecule has 2 fully saturated rings. The number of hydrogen-bond donors (Lipinski definition) is 1. The lowest BCUT2D eigenvalue weighted by atomic mass is 10.1. The van der Waals surface area contributed by atoms with Crippen LogP contribution in [0.2, 0.25) is 0 Å². The lowest BCUT2D eigenvalue weighted by molar-refractivity contribution is -0.119. The highest BCUT2D eigenvalue weighted by atomic mass is 16.2. The Morgan fingerprint density at radius 2 is 2.12 bits per heavy atom. The van der Waals surface area contributed by atoms with Crippen molar-refractivity contribution in [1.29, 1.82) is 0 Å². The Morgan fingerprint density at radius 3 is 2.81 bits per heavy atom. The van der Waals surface area contributed by atoms with Gasteiger partial charge in [0.15, 0.2) is 0 Å². The van der Waals surface area contributed by atoms with Crippen LogP contribution in [0.4, 0.5) is 5.69 Å². The van der Waals surface area contributed by atoms with E-state index in [9.17, 15) is 9.59 Å². The minimum absolute atomic E-state index is 0. The summed E-state index contributed by atoms with van der Waals surface area (Å²) in [5.41, 5.74) is 1.88. The van der Waals surface area contributed by atoms with Crippen LogP contribution in [0.1, 0.15) is 13.4 Å². The quantitative estimate of drug-likeness (QED) is 0.816. The summed E-state index contributed by atoms with van der Waals surface area (Å²) in [5, 5.41) is 2.90. The van der Waals surface area contributed by atoms with Crippen molar-refractivity contribution in [3.05, 3.63) is 66.5 Å². The van der Waals surface area contributed by atoms with Crippen molar-refractivity contribution in [1.82, 2.24) is 10.3 Å². The van der Waals surface area contributed by atoms with Gasteiger partial charge in [0.2, 0.25) is 11.8 Å². The maximum absolute atomic E-state index is 12.5. The van der Waals surface area contributed by atoms with Crippen molar-refractivity contribution >= 4 is 23.6 Å². The molecule has 2 aromatic rings. The van der Waals surface area contributed by atoms with Crippen LogP contribution in [0.25, 0.3) is 6.08 Å². The number of carbonyl (C=O) groups is 2. The summed E-state index contributed by atoms with van der Waals surface area (Å²) in [7, 11) is 0. The second kappa shape index (κ2) is 7.12. The van der Waals surface area contributed by atoms with E-state index in [4.69, 9.17) is 0 Å². The van der Waals surface area contributed by atoms with E-state index in [2.05, 4.69) is 10.3 Å². The second-order valence-corrected chi connectivity index (χ2v) is 6.84. The van der Waals surface area contributed by atoms with Crippen molar-refractivity contribution in [3.8, 4) is 0 Å².